The summed E-state index contributed by atoms with van der Waals surface area (Å²) in [5.74, 6) is -0.347. The second-order valence-electron chi connectivity index (χ2n) is 4.99. The molecule has 0 saturated carbocycles. The molecule has 2 rings (SSSR count). The van der Waals surface area contributed by atoms with Crippen LogP contribution in [-0.2, 0) is 10.0 Å². The van der Waals surface area contributed by atoms with Crippen molar-refractivity contribution < 1.29 is 12.8 Å². The lowest BCUT2D eigenvalue weighted by Crippen LogP contribution is -2.18. The number of nitrogen functional groups attached to an aromatic ring is 1. The summed E-state index contributed by atoms with van der Waals surface area (Å²) >= 11 is 0. The SMILES string of the molecule is Cc1c(F)cc(N)cc1S(=O)(=O)Nc1ccnn1C(C)C. The highest BCUT2D eigenvalue weighted by atomic mass is 32.2. The van der Waals surface area contributed by atoms with Crippen molar-refractivity contribution in [2.75, 3.05) is 10.5 Å². The first-order valence-electron chi connectivity index (χ1n) is 6.34. The quantitative estimate of drug-likeness (QED) is 0.848. The van der Waals surface area contributed by atoms with Crippen molar-refractivity contribution in [3.63, 3.8) is 0 Å². The Balaban J connectivity index is 2.46. The molecule has 2 aromatic rings. The van der Waals surface area contributed by atoms with E-state index < -0.39 is 15.8 Å². The van der Waals surface area contributed by atoms with E-state index in [1.807, 2.05) is 13.8 Å². The van der Waals surface area contributed by atoms with Crippen LogP contribution in [0.25, 0.3) is 0 Å². The summed E-state index contributed by atoms with van der Waals surface area (Å²) in [6.07, 6.45) is 1.49. The third kappa shape index (κ3) is 2.99. The third-order valence-electron chi connectivity index (χ3n) is 3.01. The number of nitrogens with one attached hydrogen (secondary N) is 1. The molecule has 0 unspecified atom stereocenters. The number of hydrogen-bond acceptors (Lipinski definition) is 4. The van der Waals surface area contributed by atoms with Crippen LogP contribution in [0.1, 0.15) is 25.5 Å². The van der Waals surface area contributed by atoms with Crippen molar-refractivity contribution in [2.24, 2.45) is 0 Å². The van der Waals surface area contributed by atoms with Crippen LogP contribution in [0.2, 0.25) is 0 Å². The summed E-state index contributed by atoms with van der Waals surface area (Å²) in [6.45, 7) is 5.13. The first kappa shape index (κ1) is 15.3. The molecule has 3 N–H and O–H groups in total. The number of hydrogen-bond donors (Lipinski definition) is 2. The summed E-state index contributed by atoms with van der Waals surface area (Å²) in [6, 6.07) is 3.84. The maximum absolute atomic E-state index is 13.7. The van der Waals surface area contributed by atoms with Crippen molar-refractivity contribution in [1.29, 1.82) is 0 Å². The maximum atomic E-state index is 13.7. The molecular weight excluding hydrogens is 295 g/mol. The van der Waals surface area contributed by atoms with Gasteiger partial charge in [-0.2, -0.15) is 5.10 Å². The fraction of sp³-hybridized carbons (Fsp3) is 0.308. The lowest BCUT2D eigenvalue weighted by atomic mass is 10.2. The molecule has 0 radical (unpaired) electrons. The molecule has 114 valence electrons. The number of nitrogens with zero attached hydrogens (tertiary/aromatic N) is 2. The number of rotatable bonds is 4. The fourth-order valence-electron chi connectivity index (χ4n) is 1.95. The van der Waals surface area contributed by atoms with Crippen LogP contribution in [0.15, 0.2) is 29.3 Å². The Morgan fingerprint density at radius 1 is 1.38 bits per heavy atom. The highest BCUT2D eigenvalue weighted by Gasteiger charge is 2.22. The lowest BCUT2D eigenvalue weighted by Gasteiger charge is -2.14. The van der Waals surface area contributed by atoms with E-state index in [0.717, 1.165) is 6.07 Å². The van der Waals surface area contributed by atoms with Gasteiger partial charge in [0.15, 0.2) is 0 Å². The monoisotopic (exact) mass is 312 g/mol. The minimum Gasteiger partial charge on any atom is -0.399 e. The molecule has 0 aliphatic heterocycles. The third-order valence-corrected chi connectivity index (χ3v) is 4.49. The van der Waals surface area contributed by atoms with Gasteiger partial charge in [-0.1, -0.05) is 0 Å². The Bertz CT molecular complexity index is 768. The second-order valence-corrected chi connectivity index (χ2v) is 6.64. The number of anilines is 2. The van der Waals surface area contributed by atoms with Gasteiger partial charge in [-0.25, -0.2) is 17.5 Å². The van der Waals surface area contributed by atoms with Gasteiger partial charge in [0.2, 0.25) is 0 Å². The van der Waals surface area contributed by atoms with Crippen LogP contribution in [0.3, 0.4) is 0 Å². The predicted octanol–water partition coefficient (Wildman–Crippen LogP) is 2.29. The molecule has 1 aromatic carbocycles. The minimum atomic E-state index is -3.95. The van der Waals surface area contributed by atoms with Crippen LogP contribution in [0.5, 0.6) is 0 Å². The van der Waals surface area contributed by atoms with E-state index in [1.165, 1.54) is 29.9 Å². The van der Waals surface area contributed by atoms with E-state index in [0.29, 0.717) is 5.82 Å². The van der Waals surface area contributed by atoms with Crippen molar-refractivity contribution in [1.82, 2.24) is 9.78 Å². The fourth-order valence-corrected chi connectivity index (χ4v) is 3.29. The zero-order valence-corrected chi connectivity index (χ0v) is 12.8. The zero-order chi connectivity index (χ0) is 15.8. The first-order chi connectivity index (χ1) is 9.72. The number of sulfonamides is 1. The van der Waals surface area contributed by atoms with Crippen LogP contribution in [0.4, 0.5) is 15.9 Å². The molecule has 0 aliphatic carbocycles. The number of benzene rings is 1. The predicted molar refractivity (Wildman–Crippen MR) is 79.0 cm³/mol. The van der Waals surface area contributed by atoms with Crippen LogP contribution >= 0.6 is 0 Å². The molecule has 0 spiro atoms. The van der Waals surface area contributed by atoms with Gasteiger partial charge in [0.1, 0.15) is 11.6 Å². The van der Waals surface area contributed by atoms with E-state index >= 15 is 0 Å². The standard InChI is InChI=1S/C13H17FN4O2S/c1-8(2)18-13(4-5-16-18)17-21(19,20)12-7-10(15)6-11(14)9(12)3/h4-8,17H,15H2,1-3H3. The van der Waals surface area contributed by atoms with Crippen molar-refractivity contribution in [3.05, 3.63) is 35.8 Å². The molecule has 0 atom stereocenters. The Hall–Kier alpha value is -2.09. The molecule has 8 heteroatoms. The Kier molecular flexibility index (Phi) is 3.91. The molecule has 0 amide bonds. The summed E-state index contributed by atoms with van der Waals surface area (Å²) in [5, 5.41) is 4.04. The van der Waals surface area contributed by atoms with Gasteiger partial charge in [-0.15, -0.1) is 0 Å². The normalized spacial score (nSPS) is 11.9. The first-order valence-corrected chi connectivity index (χ1v) is 7.82. The molecule has 0 saturated heterocycles. The smallest absolute Gasteiger partial charge is 0.263 e. The minimum absolute atomic E-state index is 0.0172. The molecule has 0 bridgehead atoms. The van der Waals surface area contributed by atoms with E-state index in [9.17, 15) is 12.8 Å². The van der Waals surface area contributed by atoms with Crippen molar-refractivity contribution in [3.8, 4) is 0 Å². The van der Waals surface area contributed by atoms with E-state index in [1.54, 1.807) is 0 Å². The molecule has 1 heterocycles. The van der Waals surface area contributed by atoms with Gasteiger partial charge in [0.25, 0.3) is 10.0 Å². The van der Waals surface area contributed by atoms with Gasteiger partial charge in [0.05, 0.1) is 11.1 Å². The number of aromatic nitrogens is 2. The topological polar surface area (TPSA) is 90.0 Å². The average molecular weight is 312 g/mol. The lowest BCUT2D eigenvalue weighted by molar-refractivity contribution is 0.539. The number of halogens is 1. The summed E-state index contributed by atoms with van der Waals surface area (Å²) in [7, 11) is -3.95. The molecule has 0 fully saturated rings. The highest BCUT2D eigenvalue weighted by Crippen LogP contribution is 2.24. The van der Waals surface area contributed by atoms with Crippen molar-refractivity contribution in [2.45, 2.75) is 31.7 Å². The summed E-state index contributed by atoms with van der Waals surface area (Å²) in [4.78, 5) is -0.184. The Morgan fingerprint density at radius 3 is 2.67 bits per heavy atom. The summed E-state index contributed by atoms with van der Waals surface area (Å²) < 4.78 is 42.5. The molecular formula is C13H17FN4O2S. The van der Waals surface area contributed by atoms with Crippen LogP contribution < -0.4 is 10.5 Å². The Morgan fingerprint density at radius 2 is 2.05 bits per heavy atom. The molecule has 0 aliphatic rings. The van der Waals surface area contributed by atoms with Crippen LogP contribution in [-0.4, -0.2) is 18.2 Å². The Labute approximate surface area is 122 Å². The largest absolute Gasteiger partial charge is 0.399 e. The van der Waals surface area contributed by atoms with Gasteiger partial charge in [-0.05, 0) is 32.9 Å². The van der Waals surface area contributed by atoms with Gasteiger partial charge >= 0.3 is 0 Å². The summed E-state index contributed by atoms with van der Waals surface area (Å²) in [5.41, 5.74) is 5.60. The maximum Gasteiger partial charge on any atom is 0.263 e. The molecule has 21 heavy (non-hydrogen) atoms. The highest BCUT2D eigenvalue weighted by molar-refractivity contribution is 7.92. The molecule has 1 aromatic heterocycles. The average Bonchev–Trinajstić information content (AvgIpc) is 2.81. The second kappa shape index (κ2) is 5.36. The van der Waals surface area contributed by atoms with Gasteiger partial charge in [0, 0.05) is 23.4 Å². The zero-order valence-electron chi connectivity index (χ0n) is 12.0. The van der Waals surface area contributed by atoms with Gasteiger partial charge in [-0.3, -0.25) is 4.72 Å². The van der Waals surface area contributed by atoms with E-state index in [-0.39, 0.29) is 22.2 Å². The van der Waals surface area contributed by atoms with Crippen molar-refractivity contribution >= 4 is 21.5 Å². The number of nitrogens with two attached hydrogens (primary N) is 1. The van der Waals surface area contributed by atoms with E-state index in [2.05, 4.69) is 9.82 Å². The van der Waals surface area contributed by atoms with Gasteiger partial charge < -0.3 is 5.73 Å². The molecule has 6 nitrogen and oxygen atoms in total. The van der Waals surface area contributed by atoms with E-state index in [4.69, 9.17) is 5.73 Å². The van der Waals surface area contributed by atoms with Crippen LogP contribution in [0, 0.1) is 12.7 Å².